The van der Waals surface area contributed by atoms with Crippen molar-refractivity contribution in [2.45, 2.75) is 115 Å². The first-order valence-electron chi connectivity index (χ1n) is 22.7. The standard InChI is InChI=1S/C26H35BN2O5.C16H21BN2O5.C4H11BO2/c1-5-23(30)29-12-11-19(29)16-32-24(31)28-22(13-17-9-7-6-8-10-17)27-33-21-15-18-14-20(25(18,2)3)26(21,4)34-27;1-2-15(20)19-9-8-13(19)11-24-16(21)18-14(17(22)23)10-12-6-4-3-5-7-12;1-4(2)3-5(6)7/h5-10,18-22H,1,11-16H2,2-4H3,(H,28,31);2-7,13-14,22-23H,1,8-11H2,(H,18,21);4,6-7H,3H2,1-2H3/t18-,19-,20-,21+,22-,26-;13-,14-;/m00./s1. The number of alkyl carbamates (subject to hydrolysis) is 2. The third-order valence-corrected chi connectivity index (χ3v) is 13.6. The Balaban J connectivity index is 0.000000223. The van der Waals surface area contributed by atoms with Crippen LogP contribution in [0.1, 0.15) is 71.4 Å². The number of rotatable bonds is 16. The molecule has 8 atom stereocenters. The fourth-order valence-corrected chi connectivity index (χ4v) is 9.45. The van der Waals surface area contributed by atoms with E-state index in [-0.39, 0.29) is 66.6 Å². The van der Waals surface area contributed by atoms with Crippen LogP contribution in [0.3, 0.4) is 0 Å². The van der Waals surface area contributed by atoms with Gasteiger partial charge in [-0.25, -0.2) is 9.59 Å². The number of benzene rings is 2. The molecule has 2 aromatic carbocycles. The van der Waals surface area contributed by atoms with Crippen molar-refractivity contribution in [1.82, 2.24) is 20.4 Å². The lowest BCUT2D eigenvalue weighted by Crippen LogP contribution is -2.65. The molecule has 16 nitrogen and oxygen atoms in total. The Labute approximate surface area is 384 Å². The average Bonchev–Trinajstić information content (AvgIpc) is 3.60. The van der Waals surface area contributed by atoms with E-state index in [1.54, 1.807) is 9.80 Å². The molecule has 3 saturated carbocycles. The minimum absolute atomic E-state index is 0.0406. The number of nitrogens with zero attached hydrogens (tertiary/aromatic N) is 2. The number of carbonyl (C=O) groups excluding carboxylic acids is 4. The zero-order valence-electron chi connectivity index (χ0n) is 38.4. The Morgan fingerprint density at radius 2 is 1.32 bits per heavy atom. The van der Waals surface area contributed by atoms with Crippen LogP contribution in [-0.2, 0) is 41.2 Å². The quantitative estimate of drug-likeness (QED) is 0.105. The zero-order chi connectivity index (χ0) is 47.5. The highest BCUT2D eigenvalue weighted by Crippen LogP contribution is 2.65. The van der Waals surface area contributed by atoms with Gasteiger partial charge in [-0.15, -0.1) is 0 Å². The number of likely N-dealkylation sites (tertiary alicyclic amines) is 2. The molecule has 3 saturated heterocycles. The highest BCUT2D eigenvalue weighted by Gasteiger charge is 2.68. The molecule has 0 spiro atoms. The Hall–Kier alpha value is -4.65. The molecule has 0 aromatic heterocycles. The topological polar surface area (TPSA) is 217 Å². The van der Waals surface area contributed by atoms with Crippen LogP contribution in [0.25, 0.3) is 0 Å². The van der Waals surface area contributed by atoms with Crippen molar-refractivity contribution in [2.24, 2.45) is 23.2 Å². The molecule has 0 unspecified atom stereocenters. The number of nitrogens with one attached hydrogen (secondary N) is 2. The van der Waals surface area contributed by atoms with Crippen LogP contribution in [0, 0.1) is 23.2 Å². The Morgan fingerprint density at radius 1 is 0.815 bits per heavy atom. The summed E-state index contributed by atoms with van der Waals surface area (Å²) in [5.74, 6) is -0.107. The fraction of sp³-hybridized carbons (Fsp3) is 0.565. The molecular formula is C46H67B3N4O12. The predicted molar refractivity (Wildman–Crippen MR) is 248 cm³/mol. The first kappa shape index (κ1) is 51.3. The highest BCUT2D eigenvalue weighted by molar-refractivity contribution is 6.48. The van der Waals surface area contributed by atoms with Crippen LogP contribution < -0.4 is 10.6 Å². The second kappa shape index (κ2) is 23.2. The van der Waals surface area contributed by atoms with Gasteiger partial charge in [0.25, 0.3) is 0 Å². The van der Waals surface area contributed by atoms with Crippen molar-refractivity contribution < 1.29 is 58.1 Å². The minimum atomic E-state index is -1.71. The van der Waals surface area contributed by atoms with Crippen molar-refractivity contribution in [1.29, 1.82) is 0 Å². The smallest absolute Gasteiger partial charge is 0.447 e. The first-order valence-corrected chi connectivity index (χ1v) is 22.7. The molecule has 8 rings (SSSR count). The third-order valence-electron chi connectivity index (χ3n) is 13.6. The summed E-state index contributed by atoms with van der Waals surface area (Å²) >= 11 is 0. The second-order valence-electron chi connectivity index (χ2n) is 18.8. The van der Waals surface area contributed by atoms with Crippen molar-refractivity contribution in [3.05, 3.63) is 97.1 Å². The molecule has 65 heavy (non-hydrogen) atoms. The maximum absolute atomic E-state index is 12.8. The molecule has 352 valence electrons. The zero-order valence-corrected chi connectivity index (χ0v) is 38.4. The van der Waals surface area contributed by atoms with E-state index < -0.39 is 39.5 Å². The van der Waals surface area contributed by atoms with Gasteiger partial charge in [0.15, 0.2) is 0 Å². The number of hydrogen-bond donors (Lipinski definition) is 6. The van der Waals surface area contributed by atoms with Gasteiger partial charge < -0.3 is 59.3 Å². The van der Waals surface area contributed by atoms with E-state index in [0.29, 0.717) is 43.6 Å². The Bertz CT molecular complexity index is 1910. The maximum Gasteiger partial charge on any atom is 0.482 e. The predicted octanol–water partition coefficient (Wildman–Crippen LogP) is 3.62. The van der Waals surface area contributed by atoms with Gasteiger partial charge in [0.2, 0.25) is 11.8 Å². The molecule has 2 bridgehead atoms. The molecule has 4 amide bonds. The van der Waals surface area contributed by atoms with Crippen LogP contribution in [0.4, 0.5) is 9.59 Å². The molecule has 3 heterocycles. The van der Waals surface area contributed by atoms with Gasteiger partial charge in [-0.2, -0.15) is 0 Å². The summed E-state index contributed by atoms with van der Waals surface area (Å²) in [5.41, 5.74) is 1.85. The van der Waals surface area contributed by atoms with Crippen LogP contribution in [0.5, 0.6) is 0 Å². The van der Waals surface area contributed by atoms with Gasteiger partial charge in [0, 0.05) is 13.1 Å². The number of hydrogen-bond acceptors (Lipinski definition) is 12. The largest absolute Gasteiger partial charge is 0.482 e. The monoisotopic (exact) mass is 901 g/mol. The Kier molecular flexibility index (Phi) is 18.3. The van der Waals surface area contributed by atoms with E-state index in [2.05, 4.69) is 44.6 Å². The lowest BCUT2D eigenvalue weighted by molar-refractivity contribution is -0.199. The Morgan fingerprint density at radius 3 is 1.74 bits per heavy atom. The minimum Gasteiger partial charge on any atom is -0.447 e. The summed E-state index contributed by atoms with van der Waals surface area (Å²) in [5, 5.41) is 40.9. The lowest BCUT2D eigenvalue weighted by Gasteiger charge is -2.64. The van der Waals surface area contributed by atoms with Crippen molar-refractivity contribution in [3.8, 4) is 0 Å². The summed E-state index contributed by atoms with van der Waals surface area (Å²) in [6.45, 7) is 19.2. The van der Waals surface area contributed by atoms with E-state index in [4.69, 9.17) is 28.8 Å². The molecule has 0 radical (unpaired) electrons. The number of amides is 4. The van der Waals surface area contributed by atoms with Crippen molar-refractivity contribution in [3.63, 3.8) is 0 Å². The van der Waals surface area contributed by atoms with E-state index in [0.717, 1.165) is 30.4 Å². The summed E-state index contributed by atoms with van der Waals surface area (Å²) in [6.07, 6.45) is 6.34. The average molecular weight is 900 g/mol. The van der Waals surface area contributed by atoms with Crippen molar-refractivity contribution in [2.75, 3.05) is 26.3 Å². The molecule has 2 aromatic rings. The van der Waals surface area contributed by atoms with Gasteiger partial charge in [-0.3, -0.25) is 9.59 Å². The lowest BCUT2D eigenvalue weighted by atomic mass is 9.43. The van der Waals surface area contributed by atoms with Crippen LogP contribution in [0.2, 0.25) is 6.32 Å². The van der Waals surface area contributed by atoms with E-state index in [1.165, 1.54) is 18.6 Å². The van der Waals surface area contributed by atoms with Crippen LogP contribution in [-0.4, -0.2) is 137 Å². The van der Waals surface area contributed by atoms with Crippen molar-refractivity contribution >= 4 is 45.4 Å². The summed E-state index contributed by atoms with van der Waals surface area (Å²) in [7, 11) is -3.37. The summed E-state index contributed by atoms with van der Waals surface area (Å²) in [6, 6.07) is 18.9. The van der Waals surface area contributed by atoms with Crippen LogP contribution >= 0.6 is 0 Å². The van der Waals surface area contributed by atoms with E-state index in [1.807, 2.05) is 74.5 Å². The molecule has 3 aliphatic carbocycles. The van der Waals surface area contributed by atoms with Gasteiger partial charge in [0.05, 0.1) is 35.7 Å². The fourth-order valence-electron chi connectivity index (χ4n) is 9.45. The second-order valence-corrected chi connectivity index (χ2v) is 18.8. The maximum atomic E-state index is 12.8. The summed E-state index contributed by atoms with van der Waals surface area (Å²) in [4.78, 5) is 51.3. The highest BCUT2D eigenvalue weighted by atomic mass is 16.7. The molecule has 3 aliphatic heterocycles. The third kappa shape index (κ3) is 13.5. The molecular weight excluding hydrogens is 833 g/mol. The molecule has 19 heteroatoms. The normalized spacial score (nSPS) is 25.1. The van der Waals surface area contributed by atoms with Gasteiger partial charge in [0.1, 0.15) is 13.2 Å². The van der Waals surface area contributed by atoms with E-state index >= 15 is 0 Å². The van der Waals surface area contributed by atoms with Gasteiger partial charge >= 0.3 is 33.5 Å². The number of carbonyl (C=O) groups is 4. The summed E-state index contributed by atoms with van der Waals surface area (Å²) < 4.78 is 23.7. The number of ether oxygens (including phenoxy) is 2. The van der Waals surface area contributed by atoms with Gasteiger partial charge in [-0.05, 0) is 98.2 Å². The van der Waals surface area contributed by atoms with Crippen LogP contribution in [0.15, 0.2) is 86.0 Å². The SMILES string of the molecule is C=CC(=O)N1CC[C@H]1COC(=O)N[C@@H](Cc1ccccc1)B(O)O.C=CC(=O)N1CC[C@H]1COC(=O)N[C@@H](Cc1ccccc1)B1O[C@@H]2C[C@@H]3C[C@@H](C3(C)C)[C@]2(C)O1.CC(C)CB(O)O. The van der Waals surface area contributed by atoms with E-state index in [9.17, 15) is 29.2 Å². The first-order chi connectivity index (χ1) is 30.9. The molecule has 6 fully saturated rings. The molecule has 6 N–H and O–H groups in total. The van der Waals surface area contributed by atoms with Gasteiger partial charge in [-0.1, -0.05) is 102 Å². The molecule has 6 aliphatic rings.